The van der Waals surface area contributed by atoms with E-state index in [1.54, 1.807) is 64.6 Å². The van der Waals surface area contributed by atoms with E-state index in [0.29, 0.717) is 89.7 Å². The number of pyridine rings is 5. The lowest BCUT2D eigenvalue weighted by molar-refractivity contribution is -0.0204. The molecule has 3 saturated heterocycles. The Morgan fingerprint density at radius 1 is 0.539 bits per heavy atom. The number of aliphatic hydroxyl groups excluding tert-OH is 2. The van der Waals surface area contributed by atoms with E-state index in [1.807, 2.05) is 84.8 Å². The van der Waals surface area contributed by atoms with Crippen LogP contribution in [0, 0.1) is 11.7 Å². The van der Waals surface area contributed by atoms with Crippen LogP contribution in [0.4, 0.5) is 50.3 Å². The molecule has 102 heavy (non-hydrogen) atoms. The number of carbonyl (C=O) groups excluding carboxylic acids is 3. The van der Waals surface area contributed by atoms with E-state index in [4.69, 9.17) is 4.74 Å². The van der Waals surface area contributed by atoms with Gasteiger partial charge < -0.3 is 56.7 Å². The molecule has 18 rings (SSSR count). The fourth-order valence-electron chi connectivity index (χ4n) is 13.8. The number of amides is 3. The lowest BCUT2D eigenvalue weighted by Crippen LogP contribution is -2.35. The van der Waals surface area contributed by atoms with Gasteiger partial charge in [0.05, 0.1) is 135 Å². The summed E-state index contributed by atoms with van der Waals surface area (Å²) in [7, 11) is -1.58. The van der Waals surface area contributed by atoms with E-state index < -0.39 is 9.84 Å². The van der Waals surface area contributed by atoms with Crippen molar-refractivity contribution in [2.75, 3.05) is 70.9 Å². The van der Waals surface area contributed by atoms with Crippen LogP contribution in [0.1, 0.15) is 73.4 Å². The number of aliphatic hydroxyl groups is 2. The lowest BCUT2D eigenvalue weighted by atomic mass is 9.94. The zero-order valence-corrected chi connectivity index (χ0v) is 55.8. The minimum Gasteiger partial charge on any atom is -0.393 e. The minimum absolute atomic E-state index is 0.0179. The van der Waals surface area contributed by atoms with Gasteiger partial charge in [0, 0.05) is 124 Å². The first-order chi connectivity index (χ1) is 49.6. The smallest absolute Gasteiger partial charge is 0.254 e. The van der Waals surface area contributed by atoms with Gasteiger partial charge in [-0.2, -0.15) is 5.10 Å². The normalized spacial score (nSPS) is 15.9. The van der Waals surface area contributed by atoms with Crippen molar-refractivity contribution >= 4 is 84.7 Å². The summed E-state index contributed by atoms with van der Waals surface area (Å²) in [6.45, 7) is 5.39. The van der Waals surface area contributed by atoms with Crippen LogP contribution in [0.25, 0.3) is 56.5 Å². The van der Waals surface area contributed by atoms with Gasteiger partial charge in [0.1, 0.15) is 28.9 Å². The molecule has 0 unspecified atom stereocenters. The van der Waals surface area contributed by atoms with Crippen molar-refractivity contribution in [1.29, 1.82) is 0 Å². The molecule has 0 saturated carbocycles. The number of ether oxygens (including phenoxy) is 1. The van der Waals surface area contributed by atoms with Gasteiger partial charge in [-0.3, -0.25) is 37.8 Å². The summed E-state index contributed by atoms with van der Waals surface area (Å²) in [6, 6.07) is 23.2. The summed E-state index contributed by atoms with van der Waals surface area (Å²) in [6.07, 6.45) is 23.1. The van der Waals surface area contributed by atoms with Gasteiger partial charge in [-0.05, 0) is 103 Å². The highest BCUT2D eigenvalue weighted by atomic mass is 32.2. The summed E-state index contributed by atoms with van der Waals surface area (Å²) in [5.41, 5.74) is 15.3. The number of nitrogens with one attached hydrogen (secondary N) is 6. The minimum atomic E-state index is -3.45. The van der Waals surface area contributed by atoms with E-state index in [-0.39, 0.29) is 52.3 Å². The highest BCUT2D eigenvalue weighted by Gasteiger charge is 2.33. The van der Waals surface area contributed by atoms with Crippen molar-refractivity contribution in [2.24, 2.45) is 13.0 Å². The molecular weight excluding hydrogens is 1320 g/mol. The number of fused-ring (bicyclic) bond motifs is 6. The first-order valence-corrected chi connectivity index (χ1v) is 35.0. The summed E-state index contributed by atoms with van der Waals surface area (Å²) < 4.78 is 49.2. The Balaban J connectivity index is 0.000000118. The molecule has 10 aromatic rings. The number of imidazole rings is 2. The average molecular weight is 1390 g/mol. The number of aryl methyl sites for hydroxylation is 1. The van der Waals surface area contributed by atoms with Gasteiger partial charge in [0.25, 0.3) is 17.7 Å². The molecule has 0 spiro atoms. The predicted molar refractivity (Wildman–Crippen MR) is 377 cm³/mol. The van der Waals surface area contributed by atoms with Crippen molar-refractivity contribution in [1.82, 2.24) is 74.4 Å². The van der Waals surface area contributed by atoms with Crippen molar-refractivity contribution in [2.45, 2.75) is 62.4 Å². The Labute approximate surface area is 582 Å². The molecule has 8 N–H and O–H groups in total. The second-order valence-corrected chi connectivity index (χ2v) is 27.7. The van der Waals surface area contributed by atoms with Crippen LogP contribution in [0.15, 0.2) is 158 Å². The average Bonchev–Trinajstić information content (AvgIpc) is 1.59. The van der Waals surface area contributed by atoms with E-state index >= 15 is 0 Å². The number of nitrogens with zero attached hydrogens (tertiary/aromatic N) is 14. The number of sulfone groups is 1. The van der Waals surface area contributed by atoms with Crippen LogP contribution in [-0.2, 0) is 41.3 Å². The summed E-state index contributed by atoms with van der Waals surface area (Å²) >= 11 is 0. The molecule has 28 nitrogen and oxygen atoms in total. The Morgan fingerprint density at radius 3 is 1.74 bits per heavy atom. The van der Waals surface area contributed by atoms with E-state index in [0.717, 1.165) is 131 Å². The molecule has 2 aromatic carbocycles. The molecule has 16 heterocycles. The molecule has 3 fully saturated rings. The van der Waals surface area contributed by atoms with Crippen LogP contribution in [0.2, 0.25) is 0 Å². The van der Waals surface area contributed by atoms with Gasteiger partial charge in [0.15, 0.2) is 21.3 Å². The highest BCUT2D eigenvalue weighted by molar-refractivity contribution is 7.91. The van der Waals surface area contributed by atoms with Gasteiger partial charge >= 0.3 is 0 Å². The fourth-order valence-corrected chi connectivity index (χ4v) is 15.3. The largest absolute Gasteiger partial charge is 0.393 e. The second kappa shape index (κ2) is 27.0. The molecule has 0 bridgehead atoms. The molecular formula is C72H67FN20O8S. The zero-order valence-electron chi connectivity index (χ0n) is 55.0. The van der Waals surface area contributed by atoms with Crippen LogP contribution in [0.3, 0.4) is 0 Å². The third-order valence-electron chi connectivity index (χ3n) is 19.2. The summed E-state index contributed by atoms with van der Waals surface area (Å²) in [5, 5.41) is 42.1. The summed E-state index contributed by atoms with van der Waals surface area (Å²) in [4.78, 5) is 78.2. The molecule has 30 heteroatoms. The van der Waals surface area contributed by atoms with Crippen molar-refractivity contribution in [3.05, 3.63) is 192 Å². The van der Waals surface area contributed by atoms with Crippen molar-refractivity contribution < 1.29 is 42.1 Å². The van der Waals surface area contributed by atoms with Gasteiger partial charge in [-0.15, -0.1) is 0 Å². The second-order valence-electron chi connectivity index (χ2n) is 25.7. The van der Waals surface area contributed by atoms with Crippen LogP contribution >= 0.6 is 0 Å². The SMILES string of the molecule is Cn1nccc2c(-c3ccc(Nc4ccc(N5CCC(O)CC5)cn4)c4c3CNC4=O)cnc1-2.O=C1NCc2c(-c3cnc4cc(F)ccn34)ccc(Nc3ccc(S(=O)(=O)CC4COC4)cn3)c21.O=C1NCc2c(-c3cncc4nccn34)ncc(Nc3ccc(N4CCC(O)CC4)cn3)c21. The third-order valence-corrected chi connectivity index (χ3v) is 21.1. The number of rotatable bonds is 14. The number of benzene rings is 2. The third kappa shape index (κ3) is 12.6. The molecule has 8 aliphatic heterocycles. The molecule has 516 valence electrons. The van der Waals surface area contributed by atoms with Crippen LogP contribution in [-0.4, -0.2) is 152 Å². The Bertz CT molecular complexity index is 5300. The predicted octanol–water partition coefficient (Wildman–Crippen LogP) is 8.01. The van der Waals surface area contributed by atoms with Crippen LogP contribution < -0.4 is 41.7 Å². The molecule has 0 radical (unpaired) electrons. The van der Waals surface area contributed by atoms with Crippen molar-refractivity contribution in [3.8, 4) is 45.2 Å². The summed E-state index contributed by atoms with van der Waals surface area (Å²) in [5.74, 6) is 1.72. The molecule has 0 aliphatic carbocycles. The maximum absolute atomic E-state index is 13.6. The van der Waals surface area contributed by atoms with E-state index in [1.165, 1.54) is 24.4 Å². The highest BCUT2D eigenvalue weighted by Crippen LogP contribution is 2.41. The van der Waals surface area contributed by atoms with Gasteiger partial charge in [-0.1, -0.05) is 12.1 Å². The standard InChI is InChI=1S/C25H25N7O2.C24H20FN5O4S.C23H22N8O2/c1-31-24-18(6-9-29-31)19(13-27-24)17-3-4-21(23-20(17)14-28-25(23)34)30-22-5-2-15(12-26-22)32-10-7-16(33)8-11-32;25-15-5-6-30-20(10-27-22(30)7-15)17-2-3-19(23-18(17)9-28-24(23)31)29-21-4-1-16(8-26-21)35(32,33)13-14-11-34-12-14;32-15-3-6-30(7-4-15)14-1-2-19(26-9-14)29-17-11-27-22(16-10-28-23(33)21(16)17)18-12-24-13-20-25-5-8-31(18)20/h2-6,9,12-13,16,33H,7-8,10-11,14H2,1H3,(H,26,30)(H,28,34);1-8,10,14H,9,11-13H2,(H,26,29)(H,28,31);1-2,5,8-9,11-13,15,32H,3-4,6-7,10H2,(H,26,29)(H,28,33). The number of carbonyl (C=O) groups is 3. The van der Waals surface area contributed by atoms with Gasteiger partial charge in [0.2, 0.25) is 0 Å². The molecule has 8 aromatic heterocycles. The quantitative estimate of drug-likeness (QED) is 0.0511. The Kier molecular flexibility index (Phi) is 17.2. The molecule has 8 aliphatic rings. The van der Waals surface area contributed by atoms with Gasteiger partial charge in [-0.25, -0.2) is 42.7 Å². The molecule has 3 amide bonds. The zero-order chi connectivity index (χ0) is 69.8. The van der Waals surface area contributed by atoms with E-state index in [9.17, 15) is 37.4 Å². The first-order valence-electron chi connectivity index (χ1n) is 33.4. The number of piperidine rings is 2. The van der Waals surface area contributed by atoms with E-state index in [2.05, 4.69) is 86.7 Å². The van der Waals surface area contributed by atoms with Crippen molar-refractivity contribution in [3.63, 3.8) is 0 Å². The number of halogens is 1. The number of anilines is 8. The fraction of sp³-hybridized carbons (Fsp3) is 0.250. The molecule has 0 atom stereocenters. The first kappa shape index (κ1) is 64.8. The topological polar surface area (TPSA) is 343 Å². The Morgan fingerprint density at radius 2 is 1.13 bits per heavy atom. The number of hydrogen-bond donors (Lipinski definition) is 8. The maximum Gasteiger partial charge on any atom is 0.254 e. The maximum atomic E-state index is 13.6. The number of aromatic nitrogens is 12. The number of hydrogen-bond acceptors (Lipinski definition) is 22. The Hall–Kier alpha value is -11.9. The lowest BCUT2D eigenvalue weighted by Gasteiger charge is -2.31. The monoisotopic (exact) mass is 1390 g/mol. The van der Waals surface area contributed by atoms with Crippen LogP contribution in [0.5, 0.6) is 0 Å².